The average molecular weight is 313 g/mol. The van der Waals surface area contributed by atoms with E-state index >= 15 is 0 Å². The van der Waals surface area contributed by atoms with Gasteiger partial charge in [0.15, 0.2) is 0 Å². The molecule has 0 amide bonds. The molecule has 0 bridgehead atoms. The van der Waals surface area contributed by atoms with Gasteiger partial charge >= 0.3 is 0 Å². The molecule has 2 rings (SSSR count). The number of allylic oxidation sites excluding steroid dienone is 1. The lowest BCUT2D eigenvalue weighted by Crippen LogP contribution is -2.15. The molecule has 2 aromatic rings. The summed E-state index contributed by atoms with van der Waals surface area (Å²) in [6, 6.07) is 19.0. The summed E-state index contributed by atoms with van der Waals surface area (Å²) in [5.74, 6) is 0.239. The third-order valence-corrected chi connectivity index (χ3v) is 4.24. The van der Waals surface area contributed by atoms with Crippen LogP contribution in [-0.4, -0.2) is 0 Å². The van der Waals surface area contributed by atoms with Crippen LogP contribution < -0.4 is 16.8 Å². The van der Waals surface area contributed by atoms with Crippen LogP contribution in [0, 0.1) is 0 Å². The van der Waals surface area contributed by atoms with Crippen LogP contribution in [0.1, 0.15) is 28.9 Å². The number of hydrogen-bond donors (Lipinski definition) is 3. The second kappa shape index (κ2) is 8.57. The molecule has 0 radical (unpaired) electrons. The highest BCUT2D eigenvalue weighted by Crippen LogP contribution is 2.21. The van der Waals surface area contributed by atoms with Crippen molar-refractivity contribution < 1.29 is 0 Å². The van der Waals surface area contributed by atoms with Gasteiger partial charge in [-0.25, -0.2) is 0 Å². The van der Waals surface area contributed by atoms with Crippen molar-refractivity contribution in [3.63, 3.8) is 0 Å². The highest BCUT2D eigenvalue weighted by molar-refractivity contribution is 7.17. The molecule has 5 N–H and O–H groups in total. The monoisotopic (exact) mass is 313 g/mol. The van der Waals surface area contributed by atoms with Crippen molar-refractivity contribution in [3.05, 3.63) is 83.2 Å². The standard InChI is InChI=1S/C18H24N3P/c19-12-17(20)11-8-14-6-9-16(10-7-14)18(22)21-13-15-4-2-1-3-5-15/h1-7,9-10,12,18,21H,8,11,13,19-20,22H2/b17-12-. The van der Waals surface area contributed by atoms with Gasteiger partial charge < -0.3 is 16.8 Å². The molecule has 0 saturated carbocycles. The molecule has 0 fully saturated rings. The minimum Gasteiger partial charge on any atom is -0.403 e. The first-order valence-electron chi connectivity index (χ1n) is 7.47. The Bertz CT molecular complexity index is 593. The van der Waals surface area contributed by atoms with Gasteiger partial charge in [0.2, 0.25) is 0 Å². The Morgan fingerprint density at radius 1 is 1.05 bits per heavy atom. The molecule has 0 saturated heterocycles. The minimum atomic E-state index is 0.239. The van der Waals surface area contributed by atoms with Crippen LogP contribution in [0.4, 0.5) is 0 Å². The zero-order valence-electron chi connectivity index (χ0n) is 12.7. The van der Waals surface area contributed by atoms with Crippen LogP contribution in [0.25, 0.3) is 0 Å². The van der Waals surface area contributed by atoms with Gasteiger partial charge in [-0.15, -0.1) is 9.24 Å². The summed E-state index contributed by atoms with van der Waals surface area (Å²) in [6.45, 7) is 0.856. The lowest BCUT2D eigenvalue weighted by molar-refractivity contribution is 0.677. The van der Waals surface area contributed by atoms with Crippen LogP contribution in [0.15, 0.2) is 66.5 Å². The lowest BCUT2D eigenvalue weighted by Gasteiger charge is -2.15. The SMILES string of the molecule is N/C=C(\N)CCc1ccc(C(P)NCc2ccccc2)cc1. The first-order valence-corrected chi connectivity index (χ1v) is 8.13. The molecule has 4 heteroatoms. The van der Waals surface area contributed by atoms with Gasteiger partial charge in [0, 0.05) is 24.2 Å². The quantitative estimate of drug-likeness (QED) is 0.688. The van der Waals surface area contributed by atoms with Crippen molar-refractivity contribution in [1.29, 1.82) is 0 Å². The van der Waals surface area contributed by atoms with Gasteiger partial charge in [-0.1, -0.05) is 54.6 Å². The molecule has 2 aromatic carbocycles. The maximum Gasteiger partial charge on any atom is 0.0466 e. The molecule has 0 aliphatic heterocycles. The normalized spacial score (nSPS) is 13.0. The van der Waals surface area contributed by atoms with Crippen molar-refractivity contribution >= 4 is 9.24 Å². The van der Waals surface area contributed by atoms with E-state index in [2.05, 4.69) is 63.1 Å². The molecular weight excluding hydrogens is 289 g/mol. The predicted octanol–water partition coefficient (Wildman–Crippen LogP) is 3.04. The molecule has 3 nitrogen and oxygen atoms in total. The van der Waals surface area contributed by atoms with E-state index in [1.54, 1.807) is 0 Å². The van der Waals surface area contributed by atoms with E-state index in [0.29, 0.717) is 0 Å². The summed E-state index contributed by atoms with van der Waals surface area (Å²) >= 11 is 0. The van der Waals surface area contributed by atoms with Crippen LogP contribution in [0.5, 0.6) is 0 Å². The average Bonchev–Trinajstić information content (AvgIpc) is 2.59. The highest BCUT2D eigenvalue weighted by Gasteiger charge is 2.05. The first kappa shape index (κ1) is 16.5. The molecule has 22 heavy (non-hydrogen) atoms. The topological polar surface area (TPSA) is 64.1 Å². The number of nitrogens with one attached hydrogen (secondary N) is 1. The van der Waals surface area contributed by atoms with Gasteiger partial charge in [0.1, 0.15) is 0 Å². The van der Waals surface area contributed by atoms with Gasteiger partial charge in [-0.3, -0.25) is 0 Å². The van der Waals surface area contributed by atoms with E-state index in [1.165, 1.54) is 22.9 Å². The smallest absolute Gasteiger partial charge is 0.0466 e. The summed E-state index contributed by atoms with van der Waals surface area (Å²) in [4.78, 5) is 0. The summed E-state index contributed by atoms with van der Waals surface area (Å²) in [6.07, 6.45) is 3.19. The summed E-state index contributed by atoms with van der Waals surface area (Å²) in [5, 5.41) is 3.51. The Kier molecular flexibility index (Phi) is 6.45. The van der Waals surface area contributed by atoms with Crippen LogP contribution >= 0.6 is 9.24 Å². The van der Waals surface area contributed by atoms with E-state index in [4.69, 9.17) is 11.5 Å². The predicted molar refractivity (Wildman–Crippen MR) is 97.0 cm³/mol. The van der Waals surface area contributed by atoms with Crippen molar-refractivity contribution in [2.75, 3.05) is 0 Å². The second-order valence-corrected chi connectivity index (χ2v) is 5.99. The first-order chi connectivity index (χ1) is 10.7. The Morgan fingerprint density at radius 2 is 1.73 bits per heavy atom. The van der Waals surface area contributed by atoms with E-state index in [1.807, 2.05) is 6.07 Å². The molecule has 2 atom stereocenters. The number of rotatable bonds is 7. The minimum absolute atomic E-state index is 0.239. The molecule has 0 aromatic heterocycles. The van der Waals surface area contributed by atoms with Gasteiger partial charge in [-0.2, -0.15) is 0 Å². The van der Waals surface area contributed by atoms with Gasteiger partial charge in [0.05, 0.1) is 0 Å². The third kappa shape index (κ3) is 5.18. The Balaban J connectivity index is 1.86. The Hall–Kier alpha value is -1.83. The fourth-order valence-electron chi connectivity index (χ4n) is 2.21. The third-order valence-electron chi connectivity index (χ3n) is 3.62. The zero-order valence-corrected chi connectivity index (χ0v) is 13.9. The van der Waals surface area contributed by atoms with E-state index in [-0.39, 0.29) is 5.78 Å². The molecule has 0 aliphatic rings. The summed E-state index contributed by atoms with van der Waals surface area (Å²) < 4.78 is 0. The van der Waals surface area contributed by atoms with Crippen molar-refractivity contribution in [1.82, 2.24) is 5.32 Å². The molecule has 116 valence electrons. The van der Waals surface area contributed by atoms with E-state index in [9.17, 15) is 0 Å². The summed E-state index contributed by atoms with van der Waals surface area (Å²) in [5.41, 5.74) is 15.6. The van der Waals surface area contributed by atoms with Crippen molar-refractivity contribution in [2.45, 2.75) is 25.2 Å². The molecular formula is C18H24N3P. The number of aryl methyl sites for hydroxylation is 1. The fraction of sp³-hybridized carbons (Fsp3) is 0.222. The van der Waals surface area contributed by atoms with E-state index < -0.39 is 0 Å². The van der Waals surface area contributed by atoms with Crippen molar-refractivity contribution in [3.8, 4) is 0 Å². The number of hydrogen-bond acceptors (Lipinski definition) is 3. The molecule has 0 spiro atoms. The Morgan fingerprint density at radius 3 is 2.36 bits per heavy atom. The highest BCUT2D eigenvalue weighted by atomic mass is 31.0. The number of nitrogens with two attached hydrogens (primary N) is 2. The maximum absolute atomic E-state index is 5.72. The van der Waals surface area contributed by atoms with Gasteiger partial charge in [-0.05, 0) is 29.5 Å². The van der Waals surface area contributed by atoms with Crippen LogP contribution in [0.2, 0.25) is 0 Å². The molecule has 0 aliphatic carbocycles. The van der Waals surface area contributed by atoms with Crippen LogP contribution in [0.3, 0.4) is 0 Å². The lowest BCUT2D eigenvalue weighted by atomic mass is 10.1. The maximum atomic E-state index is 5.72. The van der Waals surface area contributed by atoms with E-state index in [0.717, 1.165) is 25.1 Å². The second-order valence-electron chi connectivity index (χ2n) is 5.33. The zero-order chi connectivity index (χ0) is 15.8. The van der Waals surface area contributed by atoms with Gasteiger partial charge in [0.25, 0.3) is 0 Å². The largest absolute Gasteiger partial charge is 0.403 e. The molecule has 2 unspecified atom stereocenters. The summed E-state index contributed by atoms with van der Waals surface area (Å²) in [7, 11) is 2.85. The Labute approximate surface area is 135 Å². The van der Waals surface area contributed by atoms with Crippen molar-refractivity contribution in [2.24, 2.45) is 11.5 Å². The van der Waals surface area contributed by atoms with Crippen LogP contribution in [-0.2, 0) is 13.0 Å². The number of benzene rings is 2. The molecule has 0 heterocycles. The fourth-order valence-corrected chi connectivity index (χ4v) is 2.55.